The first-order chi connectivity index (χ1) is 34.2. The predicted molar refractivity (Wildman–Crippen MR) is 313 cm³/mol. The Labute approximate surface area is 429 Å². The molecular formula is C68H68BN3. The first kappa shape index (κ1) is 47.1. The summed E-state index contributed by atoms with van der Waals surface area (Å²) in [5.74, 6) is 0. The molecule has 0 aromatic heterocycles. The third-order valence-corrected chi connectivity index (χ3v) is 15.2. The monoisotopic (exact) mass is 938 g/mol. The summed E-state index contributed by atoms with van der Waals surface area (Å²) in [7, 11) is 0. The normalized spacial score (nSPS) is 13.5. The molecule has 0 unspecified atom stereocenters. The number of benzene rings is 9. The average Bonchev–Trinajstić information content (AvgIpc) is 3.35. The Balaban J connectivity index is 1.21. The van der Waals surface area contributed by atoms with Gasteiger partial charge < -0.3 is 14.7 Å². The van der Waals surface area contributed by atoms with Crippen LogP contribution < -0.4 is 31.1 Å². The van der Waals surface area contributed by atoms with Crippen LogP contribution in [0.5, 0.6) is 0 Å². The zero-order valence-electron chi connectivity index (χ0n) is 44.4. The summed E-state index contributed by atoms with van der Waals surface area (Å²) in [5.41, 5.74) is 22.0. The van der Waals surface area contributed by atoms with E-state index < -0.39 is 0 Å². The second kappa shape index (κ2) is 17.2. The summed E-state index contributed by atoms with van der Waals surface area (Å²) in [6.07, 6.45) is 0. The topological polar surface area (TPSA) is 9.72 Å². The molecule has 0 N–H and O–H groups in total. The van der Waals surface area contributed by atoms with Gasteiger partial charge in [0.05, 0.1) is 5.69 Å². The first-order valence-electron chi connectivity index (χ1n) is 25.9. The van der Waals surface area contributed by atoms with E-state index in [1.54, 1.807) is 0 Å². The smallest absolute Gasteiger partial charge is 0.252 e. The molecule has 3 nitrogen and oxygen atoms in total. The molecule has 0 radical (unpaired) electrons. The molecule has 0 spiro atoms. The molecule has 2 aliphatic rings. The molecule has 4 heteroatoms. The van der Waals surface area contributed by atoms with E-state index in [9.17, 15) is 0 Å². The Morgan fingerprint density at radius 3 is 1.21 bits per heavy atom. The number of hydrogen-bond donors (Lipinski definition) is 0. The van der Waals surface area contributed by atoms with Crippen LogP contribution in [0.4, 0.5) is 51.2 Å². The average molecular weight is 938 g/mol. The second-order valence-corrected chi connectivity index (χ2v) is 24.4. The van der Waals surface area contributed by atoms with Crippen LogP contribution in [0.2, 0.25) is 0 Å². The van der Waals surface area contributed by atoms with Crippen molar-refractivity contribution in [3.63, 3.8) is 0 Å². The maximum atomic E-state index is 2.57. The molecule has 0 atom stereocenters. The summed E-state index contributed by atoms with van der Waals surface area (Å²) < 4.78 is 0. The van der Waals surface area contributed by atoms with E-state index in [1.165, 1.54) is 83.3 Å². The number of anilines is 9. The zero-order valence-corrected chi connectivity index (χ0v) is 44.4. The number of rotatable bonds is 6. The van der Waals surface area contributed by atoms with Gasteiger partial charge in [-0.3, -0.25) is 0 Å². The van der Waals surface area contributed by atoms with E-state index in [1.807, 2.05) is 0 Å². The van der Waals surface area contributed by atoms with Crippen molar-refractivity contribution in [2.24, 2.45) is 0 Å². The lowest BCUT2D eigenvalue weighted by Gasteiger charge is -2.45. The standard InChI is InChI=1S/C68H68BN3/c1-65(2,3)49-26-34-55(35-27-49)71-60-38-30-51(67(7,8)9)41-58(60)69-59-42-52(68(10,11)12)31-39-61(59)72(56-36-28-50(29-37-56)66(4,5)6)63-44-57(43-62(71)64(63)69)70(53-20-14-13-15-21-53)54-32-24-46(25-33-54)48-23-22-45-18-16-17-19-47(45)40-48/h13-44H,1-12H3. The molecular weight excluding hydrogens is 870 g/mol. The van der Waals surface area contributed by atoms with E-state index in [0.717, 1.165) is 28.4 Å². The Morgan fingerprint density at radius 1 is 0.319 bits per heavy atom. The van der Waals surface area contributed by atoms with Gasteiger partial charge in [-0.1, -0.05) is 198 Å². The summed E-state index contributed by atoms with van der Waals surface area (Å²) in [6.45, 7) is 27.8. The molecule has 2 aliphatic heterocycles. The first-order valence-corrected chi connectivity index (χ1v) is 25.9. The third-order valence-electron chi connectivity index (χ3n) is 15.2. The van der Waals surface area contributed by atoms with E-state index in [-0.39, 0.29) is 28.4 Å². The molecule has 0 saturated carbocycles. The predicted octanol–water partition coefficient (Wildman–Crippen LogP) is 17.2. The van der Waals surface area contributed by atoms with Crippen LogP contribution in [-0.4, -0.2) is 6.71 Å². The van der Waals surface area contributed by atoms with Crippen LogP contribution >= 0.6 is 0 Å². The molecule has 72 heavy (non-hydrogen) atoms. The van der Waals surface area contributed by atoms with Gasteiger partial charge in [-0.15, -0.1) is 0 Å². The van der Waals surface area contributed by atoms with Gasteiger partial charge in [0.2, 0.25) is 0 Å². The summed E-state index contributed by atoms with van der Waals surface area (Å²) in [4.78, 5) is 7.59. The largest absolute Gasteiger partial charge is 0.311 e. The highest BCUT2D eigenvalue weighted by Crippen LogP contribution is 2.49. The van der Waals surface area contributed by atoms with Gasteiger partial charge in [-0.25, -0.2) is 0 Å². The van der Waals surface area contributed by atoms with Crippen LogP contribution in [0.3, 0.4) is 0 Å². The SMILES string of the molecule is CC(C)(C)c1ccc(N2c3ccc(C(C)(C)C)cc3B3c4cc(C(C)(C)C)ccc4N(c4ccc(C(C)(C)C)cc4)c4cc(N(c5ccccc5)c5ccc(-c6ccc7ccccc7c6)cc5)cc2c43)cc1. The van der Waals surface area contributed by atoms with Crippen molar-refractivity contribution in [1.82, 2.24) is 0 Å². The van der Waals surface area contributed by atoms with Gasteiger partial charge in [-0.05, 0) is 161 Å². The molecule has 0 bridgehead atoms. The Hall–Kier alpha value is -7.30. The van der Waals surface area contributed by atoms with Gasteiger partial charge in [-0.2, -0.15) is 0 Å². The lowest BCUT2D eigenvalue weighted by molar-refractivity contribution is 0.590. The van der Waals surface area contributed by atoms with E-state index in [0.29, 0.717) is 0 Å². The van der Waals surface area contributed by atoms with Crippen molar-refractivity contribution in [2.45, 2.75) is 105 Å². The lowest BCUT2D eigenvalue weighted by atomic mass is 9.33. The van der Waals surface area contributed by atoms with Crippen molar-refractivity contribution in [1.29, 1.82) is 0 Å². The van der Waals surface area contributed by atoms with Crippen LogP contribution in [-0.2, 0) is 21.7 Å². The van der Waals surface area contributed by atoms with Crippen molar-refractivity contribution in [3.8, 4) is 11.1 Å². The Kier molecular flexibility index (Phi) is 11.2. The number of para-hydroxylation sites is 1. The maximum absolute atomic E-state index is 2.57. The van der Waals surface area contributed by atoms with Gasteiger partial charge in [0.15, 0.2) is 0 Å². The second-order valence-electron chi connectivity index (χ2n) is 24.4. The minimum Gasteiger partial charge on any atom is -0.311 e. The quantitative estimate of drug-likeness (QED) is 0.154. The molecule has 11 rings (SSSR count). The molecule has 358 valence electrons. The Morgan fingerprint density at radius 2 is 0.736 bits per heavy atom. The molecule has 0 fully saturated rings. The highest BCUT2D eigenvalue weighted by molar-refractivity contribution is 7.00. The number of fused-ring (bicyclic) bond motifs is 5. The van der Waals surface area contributed by atoms with Crippen LogP contribution in [0.15, 0.2) is 194 Å². The number of nitrogens with zero attached hydrogens (tertiary/aromatic N) is 3. The highest BCUT2D eigenvalue weighted by atomic mass is 15.2. The molecule has 0 aliphatic carbocycles. The Bertz CT molecular complexity index is 3340. The van der Waals surface area contributed by atoms with Gasteiger partial charge in [0.1, 0.15) is 0 Å². The fourth-order valence-corrected chi connectivity index (χ4v) is 11.0. The van der Waals surface area contributed by atoms with Gasteiger partial charge in [0, 0.05) is 45.5 Å². The van der Waals surface area contributed by atoms with Crippen molar-refractivity contribution >= 4 is 85.1 Å². The molecule has 2 heterocycles. The summed E-state index contributed by atoms with van der Waals surface area (Å²) >= 11 is 0. The minimum absolute atomic E-state index is 0.0155. The molecule has 0 amide bonds. The molecule has 0 saturated heterocycles. The highest BCUT2D eigenvalue weighted by Gasteiger charge is 2.45. The zero-order chi connectivity index (χ0) is 50.5. The molecule has 9 aromatic rings. The fourth-order valence-electron chi connectivity index (χ4n) is 11.0. The van der Waals surface area contributed by atoms with E-state index in [2.05, 4.69) is 292 Å². The fraction of sp³-hybridized carbons (Fsp3) is 0.235. The van der Waals surface area contributed by atoms with Gasteiger partial charge in [0.25, 0.3) is 6.71 Å². The number of hydrogen-bond acceptors (Lipinski definition) is 3. The van der Waals surface area contributed by atoms with Crippen LogP contribution in [0, 0.1) is 0 Å². The van der Waals surface area contributed by atoms with Crippen LogP contribution in [0.25, 0.3) is 21.9 Å². The van der Waals surface area contributed by atoms with Crippen molar-refractivity contribution < 1.29 is 0 Å². The van der Waals surface area contributed by atoms with Crippen LogP contribution in [0.1, 0.15) is 105 Å². The summed E-state index contributed by atoms with van der Waals surface area (Å²) in [6, 6.07) is 73.8. The van der Waals surface area contributed by atoms with E-state index in [4.69, 9.17) is 0 Å². The van der Waals surface area contributed by atoms with Gasteiger partial charge >= 0.3 is 0 Å². The molecule has 9 aromatic carbocycles. The third kappa shape index (κ3) is 8.39. The summed E-state index contributed by atoms with van der Waals surface area (Å²) in [5, 5.41) is 2.49. The van der Waals surface area contributed by atoms with Crippen molar-refractivity contribution in [3.05, 3.63) is 216 Å². The van der Waals surface area contributed by atoms with Crippen molar-refractivity contribution in [2.75, 3.05) is 14.7 Å². The maximum Gasteiger partial charge on any atom is 0.252 e. The minimum atomic E-state index is -0.0488. The van der Waals surface area contributed by atoms with E-state index >= 15 is 0 Å². The lowest BCUT2D eigenvalue weighted by Crippen LogP contribution is -2.61.